The number of carbonyl (C=O) groups is 3. The maximum absolute atomic E-state index is 11.8. The Bertz CT molecular complexity index is 535. The van der Waals surface area contributed by atoms with Crippen LogP contribution in [0.15, 0.2) is 12.1 Å². The van der Waals surface area contributed by atoms with Crippen LogP contribution in [0.4, 0.5) is 5.82 Å². The predicted octanol–water partition coefficient (Wildman–Crippen LogP) is 0.680. The van der Waals surface area contributed by atoms with E-state index >= 15 is 0 Å². The average molecular weight is 282 g/mol. The fourth-order valence-electron chi connectivity index (χ4n) is 2.05. The highest BCUT2D eigenvalue weighted by Gasteiger charge is 2.31. The Hall–Kier alpha value is -2.15. The molecule has 1 rings (SSSR count). The number of nitrogens with zero attached hydrogens (tertiary/aromatic N) is 2. The Balaban J connectivity index is 3.30. The number of rotatable bonds is 6. The lowest BCUT2D eigenvalue weighted by Gasteiger charge is -2.27. The van der Waals surface area contributed by atoms with Crippen molar-refractivity contribution < 1.29 is 24.2 Å². The number of hydrogen-bond acceptors (Lipinski definition) is 4. The number of hydrogen-bond donors (Lipinski definition) is 1. The van der Waals surface area contributed by atoms with Gasteiger partial charge in [-0.2, -0.15) is 0 Å². The summed E-state index contributed by atoms with van der Waals surface area (Å²) in [5, 5.41) is 9.24. The first-order valence-electron chi connectivity index (χ1n) is 5.99. The van der Waals surface area contributed by atoms with Gasteiger partial charge in [0.25, 0.3) is 0 Å². The van der Waals surface area contributed by atoms with Crippen molar-refractivity contribution in [2.24, 2.45) is 7.05 Å². The van der Waals surface area contributed by atoms with Gasteiger partial charge in [-0.05, 0) is 12.1 Å². The van der Waals surface area contributed by atoms with Crippen LogP contribution in [-0.2, 0) is 21.4 Å². The number of Topliss-reactive ketones (excluding diaryl/α,β-unsaturated/α-hetero) is 1. The lowest BCUT2D eigenvalue weighted by molar-refractivity contribution is -0.141. The molecular weight excluding hydrogens is 264 g/mol. The summed E-state index contributed by atoms with van der Waals surface area (Å²) in [6, 6.07) is 1.95. The quantitative estimate of drug-likeness (QED) is 0.775. The Morgan fingerprint density at radius 2 is 1.95 bits per heavy atom. The van der Waals surface area contributed by atoms with E-state index in [4.69, 9.17) is 4.74 Å². The highest BCUT2D eigenvalue weighted by Crippen LogP contribution is 2.21. The Morgan fingerprint density at radius 3 is 2.30 bits per heavy atom. The lowest BCUT2D eigenvalue weighted by Crippen LogP contribution is -2.48. The van der Waals surface area contributed by atoms with Crippen LogP contribution in [0.5, 0.6) is 0 Å². The molecular formula is C13H18N2O5. The molecule has 0 aliphatic carbocycles. The molecule has 0 aromatic carbocycles. The zero-order valence-corrected chi connectivity index (χ0v) is 11.9. The summed E-state index contributed by atoms with van der Waals surface area (Å²) in [6.07, 6.45) is 0. The molecule has 110 valence electrons. The molecule has 0 aliphatic rings. The van der Waals surface area contributed by atoms with E-state index in [0.717, 1.165) is 4.90 Å². The summed E-state index contributed by atoms with van der Waals surface area (Å²) in [5.74, 6) is -1.44. The van der Waals surface area contributed by atoms with Gasteiger partial charge in [-0.3, -0.25) is 14.5 Å². The van der Waals surface area contributed by atoms with E-state index in [1.54, 1.807) is 19.2 Å². The monoisotopic (exact) mass is 282 g/mol. The van der Waals surface area contributed by atoms with E-state index < -0.39 is 17.9 Å². The van der Waals surface area contributed by atoms with Gasteiger partial charge in [0, 0.05) is 28.0 Å². The van der Waals surface area contributed by atoms with Gasteiger partial charge in [-0.1, -0.05) is 0 Å². The van der Waals surface area contributed by atoms with Crippen LogP contribution in [0.2, 0.25) is 0 Å². The zero-order valence-electron chi connectivity index (χ0n) is 11.9. The van der Waals surface area contributed by atoms with Gasteiger partial charge < -0.3 is 14.4 Å². The number of aromatic nitrogens is 1. The van der Waals surface area contributed by atoms with Gasteiger partial charge >= 0.3 is 5.97 Å². The van der Waals surface area contributed by atoms with Crippen LogP contribution in [0.3, 0.4) is 0 Å². The number of methoxy groups -OCH3 is 1. The number of aliphatic carboxylic acids is 1. The number of amides is 1. The molecule has 0 saturated carbocycles. The van der Waals surface area contributed by atoms with Gasteiger partial charge in [0.2, 0.25) is 5.91 Å². The number of carboxylic acids is 1. The van der Waals surface area contributed by atoms with Crippen molar-refractivity contribution in [2.75, 3.05) is 18.6 Å². The maximum atomic E-state index is 11.8. The maximum Gasteiger partial charge on any atom is 0.329 e. The van der Waals surface area contributed by atoms with E-state index in [9.17, 15) is 19.5 Å². The smallest absolute Gasteiger partial charge is 0.329 e. The van der Waals surface area contributed by atoms with Crippen molar-refractivity contribution in [1.29, 1.82) is 0 Å². The molecule has 7 nitrogen and oxygen atoms in total. The summed E-state index contributed by atoms with van der Waals surface area (Å²) in [4.78, 5) is 35.7. The molecule has 1 N–H and O–H groups in total. The topological polar surface area (TPSA) is 88.8 Å². The number of carbonyl (C=O) groups excluding carboxylic acids is 2. The van der Waals surface area contributed by atoms with Crippen LogP contribution in [-0.4, -0.2) is 47.1 Å². The third-order valence-corrected chi connectivity index (χ3v) is 2.96. The lowest BCUT2D eigenvalue weighted by atomic mass is 10.2. The predicted molar refractivity (Wildman–Crippen MR) is 71.9 cm³/mol. The fourth-order valence-corrected chi connectivity index (χ4v) is 2.05. The van der Waals surface area contributed by atoms with E-state index in [2.05, 4.69) is 0 Å². The molecule has 0 bridgehead atoms. The van der Waals surface area contributed by atoms with Crippen LogP contribution >= 0.6 is 0 Å². The largest absolute Gasteiger partial charge is 0.480 e. The molecule has 0 aliphatic heterocycles. The van der Waals surface area contributed by atoms with Crippen molar-refractivity contribution in [1.82, 2.24) is 4.57 Å². The average Bonchev–Trinajstić information content (AvgIpc) is 2.70. The number of ketones is 1. The van der Waals surface area contributed by atoms with Crippen molar-refractivity contribution in [3.63, 3.8) is 0 Å². The number of ether oxygens (including phenoxy) is 1. The Labute approximate surface area is 116 Å². The minimum Gasteiger partial charge on any atom is -0.480 e. The first kappa shape index (κ1) is 15.9. The molecule has 1 aromatic heterocycles. The molecule has 1 amide bonds. The SMILES string of the molecule is COC[C@@H](C(=O)O)N(C(C)=O)c1ccc(C(C)=O)n1C. The second-order valence-corrected chi connectivity index (χ2v) is 4.39. The highest BCUT2D eigenvalue weighted by atomic mass is 16.5. The summed E-state index contributed by atoms with van der Waals surface area (Å²) in [7, 11) is 2.97. The number of carboxylic acid groups (broad SMARTS) is 1. The summed E-state index contributed by atoms with van der Waals surface area (Å²) < 4.78 is 6.36. The molecule has 0 fully saturated rings. The van der Waals surface area contributed by atoms with Gasteiger partial charge in [-0.25, -0.2) is 4.79 Å². The second kappa shape index (κ2) is 6.33. The third-order valence-electron chi connectivity index (χ3n) is 2.96. The fraction of sp³-hybridized carbons (Fsp3) is 0.462. The molecule has 1 atom stereocenters. The zero-order chi connectivity index (χ0) is 15.4. The van der Waals surface area contributed by atoms with E-state index in [0.29, 0.717) is 11.5 Å². The van der Waals surface area contributed by atoms with Gasteiger partial charge in [0.05, 0.1) is 12.3 Å². The normalized spacial score (nSPS) is 12.0. The van der Waals surface area contributed by atoms with E-state index in [1.165, 1.54) is 25.5 Å². The molecule has 20 heavy (non-hydrogen) atoms. The van der Waals surface area contributed by atoms with Crippen molar-refractivity contribution >= 4 is 23.5 Å². The van der Waals surface area contributed by atoms with Gasteiger partial charge in [-0.15, -0.1) is 0 Å². The first-order chi connectivity index (χ1) is 9.31. The standard InChI is InChI=1S/C13H18N2O5/c1-8(16)10-5-6-12(14(10)3)15(9(2)17)11(7-20-4)13(18)19/h5-6,11H,7H2,1-4H3,(H,18,19)/t11-/m0/s1. The minimum atomic E-state index is -1.17. The van der Waals surface area contributed by atoms with Crippen molar-refractivity contribution in [3.8, 4) is 0 Å². The first-order valence-corrected chi connectivity index (χ1v) is 5.99. The van der Waals surface area contributed by atoms with Gasteiger partial charge in [0.15, 0.2) is 11.8 Å². The molecule has 7 heteroatoms. The Morgan fingerprint density at radius 1 is 1.35 bits per heavy atom. The summed E-state index contributed by atoms with van der Waals surface area (Å²) >= 11 is 0. The Kier molecular flexibility index (Phi) is 5.04. The minimum absolute atomic E-state index is 0.143. The molecule has 0 unspecified atom stereocenters. The molecule has 0 radical (unpaired) electrons. The van der Waals surface area contributed by atoms with Crippen LogP contribution < -0.4 is 4.90 Å². The van der Waals surface area contributed by atoms with E-state index in [-0.39, 0.29) is 12.4 Å². The molecule has 0 saturated heterocycles. The van der Waals surface area contributed by atoms with Crippen LogP contribution in [0.25, 0.3) is 0 Å². The van der Waals surface area contributed by atoms with Gasteiger partial charge in [0.1, 0.15) is 5.82 Å². The second-order valence-electron chi connectivity index (χ2n) is 4.39. The molecule has 0 spiro atoms. The summed E-state index contributed by atoms with van der Waals surface area (Å²) in [5.41, 5.74) is 0.396. The van der Waals surface area contributed by atoms with Crippen molar-refractivity contribution in [3.05, 3.63) is 17.8 Å². The van der Waals surface area contributed by atoms with E-state index in [1.807, 2.05) is 0 Å². The third kappa shape index (κ3) is 3.05. The molecule has 1 aromatic rings. The van der Waals surface area contributed by atoms with Crippen LogP contribution in [0, 0.1) is 0 Å². The highest BCUT2D eigenvalue weighted by molar-refractivity contribution is 5.99. The van der Waals surface area contributed by atoms with Crippen molar-refractivity contribution in [2.45, 2.75) is 19.9 Å². The van der Waals surface area contributed by atoms with Crippen LogP contribution in [0.1, 0.15) is 24.3 Å². The summed E-state index contributed by atoms with van der Waals surface area (Å²) in [6.45, 7) is 2.53. The number of anilines is 1. The molecule has 1 heterocycles.